The summed E-state index contributed by atoms with van der Waals surface area (Å²) in [6.45, 7) is 7.27. The molecule has 0 aliphatic rings. The van der Waals surface area contributed by atoms with Gasteiger partial charge in [0.2, 0.25) is 0 Å². The molecule has 0 aliphatic carbocycles. The van der Waals surface area contributed by atoms with Crippen LogP contribution in [0.2, 0.25) is 5.04 Å². The summed E-state index contributed by atoms with van der Waals surface area (Å²) in [5.74, 6) is 1.50. The van der Waals surface area contributed by atoms with Gasteiger partial charge < -0.3 is 13.5 Å². The van der Waals surface area contributed by atoms with Crippen molar-refractivity contribution >= 4 is 26.3 Å². The van der Waals surface area contributed by atoms with Gasteiger partial charge in [0.25, 0.3) is 8.32 Å². The number of benzene rings is 2. The predicted molar refractivity (Wildman–Crippen MR) is 119 cm³/mol. The van der Waals surface area contributed by atoms with Crippen LogP contribution in [-0.2, 0) is 18.0 Å². The van der Waals surface area contributed by atoms with Gasteiger partial charge in [-0.1, -0.05) is 87.5 Å². The van der Waals surface area contributed by atoms with Gasteiger partial charge >= 0.3 is 7.60 Å². The van der Waals surface area contributed by atoms with Crippen LogP contribution in [0.15, 0.2) is 72.6 Å². The van der Waals surface area contributed by atoms with Gasteiger partial charge in [-0.3, -0.25) is 4.57 Å². The summed E-state index contributed by atoms with van der Waals surface area (Å²) in [4.78, 5) is 0. The van der Waals surface area contributed by atoms with Crippen LogP contribution >= 0.6 is 7.60 Å². The number of hydrogen-bond donors (Lipinski definition) is 0. The second-order valence-corrected chi connectivity index (χ2v) is 14.0. The monoisotopic (exact) mass is 418 g/mol. The van der Waals surface area contributed by atoms with E-state index in [1.165, 1.54) is 30.4 Å². The third-order valence-electron chi connectivity index (χ3n) is 4.82. The first-order chi connectivity index (χ1) is 13.3. The van der Waals surface area contributed by atoms with Gasteiger partial charge in [0.05, 0.1) is 0 Å². The quantitative estimate of drug-likeness (QED) is 0.328. The lowest BCUT2D eigenvalue weighted by atomic mass is 10.2. The highest BCUT2D eigenvalue weighted by Crippen LogP contribution is 2.47. The molecule has 0 amide bonds. The van der Waals surface area contributed by atoms with Gasteiger partial charge in [0, 0.05) is 26.6 Å². The van der Waals surface area contributed by atoms with E-state index in [0.717, 1.165) is 0 Å². The SMILES string of the molecule is COP(=O)(/C=C/CCO[Si](c1ccccc1)(c1ccccc1)C(C)(C)C)OC. The minimum Gasteiger partial charge on any atom is -0.407 e. The molecule has 28 heavy (non-hydrogen) atoms. The average Bonchev–Trinajstić information content (AvgIpc) is 2.71. The molecule has 0 bridgehead atoms. The summed E-state index contributed by atoms with van der Waals surface area (Å²) < 4.78 is 28.8. The normalized spacial score (nSPS) is 13.2. The summed E-state index contributed by atoms with van der Waals surface area (Å²) >= 11 is 0. The summed E-state index contributed by atoms with van der Waals surface area (Å²) in [5.41, 5.74) is 0. The molecule has 152 valence electrons. The van der Waals surface area contributed by atoms with Crippen molar-refractivity contribution in [2.24, 2.45) is 0 Å². The molecule has 2 aromatic carbocycles. The molecule has 0 unspecified atom stereocenters. The highest BCUT2D eigenvalue weighted by atomic mass is 31.2. The molecule has 0 radical (unpaired) electrons. The van der Waals surface area contributed by atoms with Crippen molar-refractivity contribution < 1.29 is 18.0 Å². The fourth-order valence-corrected chi connectivity index (χ4v) is 8.82. The van der Waals surface area contributed by atoms with E-state index in [9.17, 15) is 4.57 Å². The van der Waals surface area contributed by atoms with Gasteiger partial charge in [-0.05, 0) is 21.8 Å². The molecule has 0 fully saturated rings. The smallest absolute Gasteiger partial charge is 0.353 e. The third-order valence-corrected chi connectivity index (χ3v) is 11.5. The minimum absolute atomic E-state index is 0.0617. The fourth-order valence-electron chi connectivity index (χ4n) is 3.44. The van der Waals surface area contributed by atoms with Crippen molar-refractivity contribution in [3.05, 3.63) is 72.6 Å². The molecular formula is C22H31O4PSi. The maximum absolute atomic E-state index is 12.1. The van der Waals surface area contributed by atoms with Crippen molar-refractivity contribution in [3.63, 3.8) is 0 Å². The molecule has 0 spiro atoms. The molecular weight excluding hydrogens is 387 g/mol. The van der Waals surface area contributed by atoms with Crippen molar-refractivity contribution in [2.45, 2.75) is 32.2 Å². The predicted octanol–water partition coefficient (Wildman–Crippen LogP) is 4.95. The Balaban J connectivity index is 2.35. The zero-order chi connectivity index (χ0) is 20.7. The van der Waals surface area contributed by atoms with Crippen molar-refractivity contribution in [3.8, 4) is 0 Å². The Hall–Kier alpha value is -1.49. The van der Waals surface area contributed by atoms with Crippen molar-refractivity contribution in [1.29, 1.82) is 0 Å². The van der Waals surface area contributed by atoms with Gasteiger partial charge in [0.15, 0.2) is 0 Å². The van der Waals surface area contributed by atoms with E-state index >= 15 is 0 Å². The van der Waals surface area contributed by atoms with E-state index in [1.54, 1.807) is 0 Å². The minimum atomic E-state index is -3.14. The summed E-state index contributed by atoms with van der Waals surface area (Å²) in [6, 6.07) is 21.0. The van der Waals surface area contributed by atoms with E-state index in [1.807, 2.05) is 18.2 Å². The first kappa shape index (κ1) is 22.8. The molecule has 2 aromatic rings. The average molecular weight is 419 g/mol. The second kappa shape index (κ2) is 9.81. The second-order valence-electron chi connectivity index (χ2n) is 7.59. The Morgan fingerprint density at radius 2 is 1.36 bits per heavy atom. The molecule has 2 rings (SSSR count). The van der Waals surface area contributed by atoms with E-state index in [4.69, 9.17) is 13.5 Å². The Kier molecular flexibility index (Phi) is 7.99. The maximum Gasteiger partial charge on any atom is 0.353 e. The van der Waals surface area contributed by atoms with Crippen LogP contribution in [0.25, 0.3) is 0 Å². The Labute approximate surface area is 170 Å². The third kappa shape index (κ3) is 5.10. The van der Waals surface area contributed by atoms with Crippen LogP contribution in [-0.4, -0.2) is 29.1 Å². The molecule has 0 atom stereocenters. The van der Waals surface area contributed by atoms with E-state index < -0.39 is 15.9 Å². The van der Waals surface area contributed by atoms with Crippen molar-refractivity contribution in [2.75, 3.05) is 20.8 Å². The molecule has 0 heterocycles. The Bertz CT molecular complexity index is 753. The first-order valence-electron chi connectivity index (χ1n) is 9.43. The van der Waals surface area contributed by atoms with Crippen LogP contribution in [0, 0.1) is 0 Å². The molecule has 4 nitrogen and oxygen atoms in total. The Morgan fingerprint density at radius 3 is 1.75 bits per heavy atom. The van der Waals surface area contributed by atoms with Crippen LogP contribution in [0.3, 0.4) is 0 Å². The Morgan fingerprint density at radius 1 is 0.893 bits per heavy atom. The number of rotatable bonds is 9. The summed E-state index contributed by atoms with van der Waals surface area (Å²) in [7, 11) is -2.90. The lowest BCUT2D eigenvalue weighted by Crippen LogP contribution is -2.66. The highest BCUT2D eigenvalue weighted by Gasteiger charge is 2.49. The molecule has 0 saturated heterocycles. The van der Waals surface area contributed by atoms with E-state index in [-0.39, 0.29) is 5.04 Å². The summed E-state index contributed by atoms with van der Waals surface area (Å²) in [6.07, 6.45) is 2.44. The molecule has 0 saturated carbocycles. The molecule has 0 aromatic heterocycles. The van der Waals surface area contributed by atoms with E-state index in [2.05, 4.69) is 69.3 Å². The molecule has 0 aliphatic heterocycles. The number of hydrogen-bond acceptors (Lipinski definition) is 4. The fraction of sp³-hybridized carbons (Fsp3) is 0.364. The first-order valence-corrected chi connectivity index (χ1v) is 12.9. The molecule has 6 heteroatoms. The largest absolute Gasteiger partial charge is 0.407 e. The lowest BCUT2D eigenvalue weighted by molar-refractivity contribution is 0.285. The van der Waals surface area contributed by atoms with Crippen LogP contribution in [0.5, 0.6) is 0 Å². The van der Waals surface area contributed by atoms with Crippen molar-refractivity contribution in [1.82, 2.24) is 0 Å². The van der Waals surface area contributed by atoms with Crippen LogP contribution in [0.1, 0.15) is 27.2 Å². The highest BCUT2D eigenvalue weighted by molar-refractivity contribution is 7.57. The van der Waals surface area contributed by atoms with Gasteiger partial charge in [0.1, 0.15) is 0 Å². The topological polar surface area (TPSA) is 44.8 Å². The lowest BCUT2D eigenvalue weighted by Gasteiger charge is -2.43. The molecule has 0 N–H and O–H groups in total. The van der Waals surface area contributed by atoms with Gasteiger partial charge in [-0.2, -0.15) is 0 Å². The van der Waals surface area contributed by atoms with Gasteiger partial charge in [-0.25, -0.2) is 0 Å². The van der Waals surface area contributed by atoms with Crippen LogP contribution in [0.4, 0.5) is 0 Å². The zero-order valence-corrected chi connectivity index (χ0v) is 19.3. The zero-order valence-electron chi connectivity index (χ0n) is 17.4. The van der Waals surface area contributed by atoms with E-state index in [0.29, 0.717) is 13.0 Å². The van der Waals surface area contributed by atoms with Crippen LogP contribution < -0.4 is 10.4 Å². The van der Waals surface area contributed by atoms with Gasteiger partial charge in [-0.15, -0.1) is 0 Å². The summed E-state index contributed by atoms with van der Waals surface area (Å²) in [5, 5.41) is 2.43. The standard InChI is InChI=1S/C22H31O4PSi/c1-22(2,3)28(20-14-8-6-9-15-20,21-16-10-7-11-17-21)26-18-12-13-19-27(23,24-4)25-5/h6-11,13-17,19H,12,18H2,1-5H3/b19-13+. The maximum atomic E-state index is 12.1.